The maximum Gasteiger partial charge on any atom is 0.188 e. The zero-order valence-corrected chi connectivity index (χ0v) is 18.1. The summed E-state index contributed by atoms with van der Waals surface area (Å²) in [5.41, 5.74) is 8.04. The van der Waals surface area contributed by atoms with Crippen LogP contribution in [0.3, 0.4) is 0 Å². The molecule has 12 heteroatoms. The molecule has 0 radical (unpaired) electrons. The smallest absolute Gasteiger partial charge is 0.188 e. The number of halogens is 1. The van der Waals surface area contributed by atoms with Gasteiger partial charge in [0, 0.05) is 30.9 Å². The topological polar surface area (TPSA) is 137 Å². The standard InChI is InChI=1S/C21H21FN8O3/c1-29-10-12(8-25-29)15-9-24-14-4-5-19(27-21(14)26-15)30(11-18(23)28-31)16-6-13(32-2)7-17(33-3)20(16)22/h4-10,31H,11H2,1-3H3,(H2,23,28). The Morgan fingerprint density at radius 3 is 2.70 bits per heavy atom. The first kappa shape index (κ1) is 21.7. The molecule has 0 atom stereocenters. The normalized spacial score (nSPS) is 11.6. The number of hydrogen-bond acceptors (Lipinski definition) is 9. The van der Waals surface area contributed by atoms with Gasteiger partial charge in [-0.1, -0.05) is 5.16 Å². The Balaban J connectivity index is 1.86. The first-order chi connectivity index (χ1) is 15.9. The average Bonchev–Trinajstić information content (AvgIpc) is 3.28. The number of nitrogens with two attached hydrogens (primary N) is 1. The second kappa shape index (κ2) is 8.94. The Bertz CT molecular complexity index is 1340. The molecule has 4 rings (SSSR count). The van der Waals surface area contributed by atoms with Gasteiger partial charge in [-0.15, -0.1) is 0 Å². The first-order valence-electron chi connectivity index (χ1n) is 9.71. The van der Waals surface area contributed by atoms with Crippen molar-refractivity contribution < 1.29 is 19.1 Å². The van der Waals surface area contributed by atoms with Crippen LogP contribution in [0.25, 0.3) is 22.4 Å². The number of nitrogens with zero attached hydrogens (tertiary/aromatic N) is 7. The highest BCUT2D eigenvalue weighted by molar-refractivity contribution is 5.88. The van der Waals surface area contributed by atoms with E-state index in [9.17, 15) is 0 Å². The van der Waals surface area contributed by atoms with Crippen LogP contribution in [0.2, 0.25) is 0 Å². The van der Waals surface area contributed by atoms with Gasteiger partial charge in [0.05, 0.1) is 44.5 Å². The third-order valence-electron chi connectivity index (χ3n) is 4.86. The number of oxime groups is 1. The molecule has 3 heterocycles. The van der Waals surface area contributed by atoms with Crippen molar-refractivity contribution in [2.75, 3.05) is 25.7 Å². The number of aromatic nitrogens is 5. The largest absolute Gasteiger partial charge is 0.497 e. The SMILES string of the molecule is COc1cc(OC)c(F)c(N(C/C(N)=N/O)c2ccc3ncc(-c4cnn(C)c4)nc3n2)c1. The predicted molar refractivity (Wildman–Crippen MR) is 119 cm³/mol. The lowest BCUT2D eigenvalue weighted by atomic mass is 10.2. The third-order valence-corrected chi connectivity index (χ3v) is 4.86. The number of hydrogen-bond donors (Lipinski definition) is 2. The Morgan fingerprint density at radius 2 is 2.03 bits per heavy atom. The minimum atomic E-state index is -0.666. The zero-order valence-electron chi connectivity index (χ0n) is 18.1. The Morgan fingerprint density at radius 1 is 1.21 bits per heavy atom. The minimum absolute atomic E-state index is 0.0340. The average molecular weight is 452 g/mol. The molecule has 0 aliphatic carbocycles. The van der Waals surface area contributed by atoms with Crippen molar-refractivity contribution in [3.63, 3.8) is 0 Å². The van der Waals surface area contributed by atoms with Gasteiger partial charge < -0.3 is 25.3 Å². The highest BCUT2D eigenvalue weighted by Gasteiger charge is 2.22. The minimum Gasteiger partial charge on any atom is -0.497 e. The van der Waals surface area contributed by atoms with E-state index in [1.165, 1.54) is 31.3 Å². The summed E-state index contributed by atoms with van der Waals surface area (Å²) < 4.78 is 27.3. The number of ether oxygens (including phenoxy) is 2. The fourth-order valence-electron chi connectivity index (χ4n) is 3.24. The van der Waals surface area contributed by atoms with E-state index in [1.54, 1.807) is 36.3 Å². The summed E-state index contributed by atoms with van der Waals surface area (Å²) in [7, 11) is 4.60. The summed E-state index contributed by atoms with van der Waals surface area (Å²) in [5.74, 6) is -0.212. The van der Waals surface area contributed by atoms with E-state index < -0.39 is 5.82 Å². The van der Waals surface area contributed by atoms with E-state index in [1.807, 2.05) is 6.20 Å². The van der Waals surface area contributed by atoms with Crippen molar-refractivity contribution in [1.29, 1.82) is 0 Å². The van der Waals surface area contributed by atoms with Crippen molar-refractivity contribution in [3.8, 4) is 22.8 Å². The molecule has 0 saturated heterocycles. The van der Waals surface area contributed by atoms with Gasteiger partial charge in [-0.2, -0.15) is 5.10 Å². The second-order valence-electron chi connectivity index (χ2n) is 7.01. The number of anilines is 2. The number of rotatable bonds is 7. The van der Waals surface area contributed by atoms with Crippen LogP contribution in [0.4, 0.5) is 15.9 Å². The third kappa shape index (κ3) is 4.31. The molecule has 33 heavy (non-hydrogen) atoms. The maximum absolute atomic E-state index is 15.3. The summed E-state index contributed by atoms with van der Waals surface area (Å²) in [4.78, 5) is 15.0. The summed E-state index contributed by atoms with van der Waals surface area (Å²) in [6.07, 6.45) is 5.10. The van der Waals surface area contributed by atoms with Crippen LogP contribution in [-0.2, 0) is 7.05 Å². The Kier molecular flexibility index (Phi) is 5.89. The molecule has 0 aliphatic rings. The van der Waals surface area contributed by atoms with Crippen molar-refractivity contribution in [1.82, 2.24) is 24.7 Å². The molecule has 0 bridgehead atoms. The lowest BCUT2D eigenvalue weighted by Gasteiger charge is -2.25. The summed E-state index contributed by atoms with van der Waals surface area (Å²) in [6.45, 7) is -0.169. The van der Waals surface area contributed by atoms with Gasteiger partial charge >= 0.3 is 0 Å². The first-order valence-corrected chi connectivity index (χ1v) is 9.71. The van der Waals surface area contributed by atoms with Gasteiger partial charge in [-0.3, -0.25) is 9.67 Å². The van der Waals surface area contributed by atoms with Crippen LogP contribution < -0.4 is 20.1 Å². The molecule has 3 aromatic heterocycles. The fraction of sp³-hybridized carbons (Fsp3) is 0.190. The van der Waals surface area contributed by atoms with Crippen molar-refractivity contribution >= 4 is 28.5 Å². The summed E-state index contributed by atoms with van der Waals surface area (Å²) in [5, 5.41) is 16.3. The molecular formula is C21H21FN8O3. The van der Waals surface area contributed by atoms with Gasteiger partial charge in [0.15, 0.2) is 23.0 Å². The Hall–Kier alpha value is -4.48. The van der Waals surface area contributed by atoms with Crippen LogP contribution in [0.15, 0.2) is 48.0 Å². The molecule has 1 aromatic carbocycles. The summed E-state index contributed by atoms with van der Waals surface area (Å²) in [6, 6.07) is 6.22. The van der Waals surface area contributed by atoms with Gasteiger partial charge in [-0.05, 0) is 12.1 Å². The van der Waals surface area contributed by atoms with E-state index in [2.05, 4.69) is 25.2 Å². The van der Waals surface area contributed by atoms with E-state index in [4.69, 9.17) is 20.4 Å². The Labute approximate surface area is 187 Å². The van der Waals surface area contributed by atoms with Gasteiger partial charge in [0.25, 0.3) is 0 Å². The molecule has 3 N–H and O–H groups in total. The molecule has 0 spiro atoms. The fourth-order valence-corrected chi connectivity index (χ4v) is 3.24. The number of pyridine rings is 1. The van der Waals surface area contributed by atoms with Crippen LogP contribution in [0.5, 0.6) is 11.5 Å². The van der Waals surface area contributed by atoms with E-state index in [-0.39, 0.29) is 23.8 Å². The van der Waals surface area contributed by atoms with E-state index >= 15 is 4.39 Å². The molecule has 4 aromatic rings. The molecule has 0 amide bonds. The maximum atomic E-state index is 15.3. The molecule has 0 unspecified atom stereocenters. The monoisotopic (exact) mass is 452 g/mol. The predicted octanol–water partition coefficient (Wildman–Crippen LogP) is 2.47. The molecule has 0 fully saturated rings. The lowest BCUT2D eigenvalue weighted by molar-refractivity contribution is 0.317. The number of amidine groups is 1. The van der Waals surface area contributed by atoms with Crippen LogP contribution >= 0.6 is 0 Å². The van der Waals surface area contributed by atoms with Crippen LogP contribution in [0, 0.1) is 5.82 Å². The van der Waals surface area contributed by atoms with Gasteiger partial charge in [-0.25, -0.2) is 14.4 Å². The number of aryl methyl sites for hydroxylation is 1. The number of benzene rings is 1. The molecule has 170 valence electrons. The highest BCUT2D eigenvalue weighted by atomic mass is 19.1. The number of methoxy groups -OCH3 is 2. The zero-order chi connectivity index (χ0) is 23.5. The molecule has 11 nitrogen and oxygen atoms in total. The molecule has 0 aliphatic heterocycles. The molecular weight excluding hydrogens is 431 g/mol. The lowest BCUT2D eigenvalue weighted by Crippen LogP contribution is -2.31. The van der Waals surface area contributed by atoms with E-state index in [0.717, 1.165) is 5.56 Å². The second-order valence-corrected chi connectivity index (χ2v) is 7.01. The van der Waals surface area contributed by atoms with Crippen LogP contribution in [0.1, 0.15) is 0 Å². The van der Waals surface area contributed by atoms with E-state index in [0.29, 0.717) is 28.4 Å². The van der Waals surface area contributed by atoms with Gasteiger partial charge in [0.1, 0.15) is 17.1 Å². The van der Waals surface area contributed by atoms with Gasteiger partial charge in [0.2, 0.25) is 0 Å². The quantitative estimate of drug-likeness (QED) is 0.187. The van der Waals surface area contributed by atoms with Crippen molar-refractivity contribution in [2.24, 2.45) is 17.9 Å². The summed E-state index contributed by atoms with van der Waals surface area (Å²) >= 11 is 0. The van der Waals surface area contributed by atoms with Crippen molar-refractivity contribution in [2.45, 2.75) is 0 Å². The van der Waals surface area contributed by atoms with Crippen LogP contribution in [-0.4, -0.2) is 56.5 Å². The number of fused-ring (bicyclic) bond motifs is 1. The highest BCUT2D eigenvalue weighted by Crippen LogP contribution is 2.36. The molecule has 0 saturated carbocycles. The van der Waals surface area contributed by atoms with Crippen molar-refractivity contribution in [3.05, 3.63) is 48.7 Å².